The Balaban J connectivity index is 1.77. The van der Waals surface area contributed by atoms with Crippen LogP contribution in [0.15, 0.2) is 41.3 Å². The number of carbonyl (C=O) groups excluding carboxylic acids is 2. The van der Waals surface area contributed by atoms with E-state index in [4.69, 9.17) is 0 Å². The number of aryl methyl sites for hydroxylation is 1. The van der Waals surface area contributed by atoms with Gasteiger partial charge in [0.25, 0.3) is 11.5 Å². The van der Waals surface area contributed by atoms with Crippen molar-refractivity contribution >= 4 is 34.5 Å². The molecule has 0 unspecified atom stereocenters. The summed E-state index contributed by atoms with van der Waals surface area (Å²) < 4.78 is 15.0. The fraction of sp³-hybridized carbons (Fsp3) is 0.320. The minimum atomic E-state index is -1.49. The van der Waals surface area contributed by atoms with Crippen molar-refractivity contribution in [1.82, 2.24) is 19.8 Å². The number of benzene rings is 1. The molecule has 10 nitrogen and oxygen atoms in total. The van der Waals surface area contributed by atoms with Crippen molar-refractivity contribution in [2.24, 2.45) is 0 Å². The lowest BCUT2D eigenvalue weighted by molar-refractivity contribution is -0.144. The zero-order valence-corrected chi connectivity index (χ0v) is 20.1. The molecule has 1 aromatic carbocycles. The number of carboxylic acids is 1. The summed E-state index contributed by atoms with van der Waals surface area (Å²) in [5, 5.41) is 15.2. The first-order valence-corrected chi connectivity index (χ1v) is 11.3. The average Bonchev–Trinajstić information content (AvgIpc) is 2.82. The van der Waals surface area contributed by atoms with E-state index in [2.05, 4.69) is 15.6 Å². The average molecular weight is 496 g/mol. The van der Waals surface area contributed by atoms with Crippen LogP contribution < -0.4 is 16.2 Å². The molecule has 0 bridgehead atoms. The van der Waals surface area contributed by atoms with Gasteiger partial charge in [-0.05, 0) is 25.5 Å². The molecule has 1 fully saturated rings. The monoisotopic (exact) mass is 495 g/mol. The molecule has 1 aliphatic rings. The number of alkyl halides is 1. The van der Waals surface area contributed by atoms with Gasteiger partial charge in [-0.3, -0.25) is 19.0 Å². The van der Waals surface area contributed by atoms with E-state index in [1.54, 1.807) is 0 Å². The summed E-state index contributed by atoms with van der Waals surface area (Å²) in [5.74, 6) is -2.46. The van der Waals surface area contributed by atoms with E-state index >= 15 is 0 Å². The lowest BCUT2D eigenvalue weighted by atomic mass is 9.99. The van der Waals surface area contributed by atoms with Crippen LogP contribution in [0.4, 0.5) is 10.1 Å². The number of pyridine rings is 2. The second-order valence-corrected chi connectivity index (χ2v) is 9.12. The van der Waals surface area contributed by atoms with Crippen LogP contribution in [0.5, 0.6) is 0 Å². The van der Waals surface area contributed by atoms with Crippen LogP contribution in [0, 0.1) is 6.92 Å². The summed E-state index contributed by atoms with van der Waals surface area (Å²) in [6.07, 6.45) is 1.08. The molecular formula is C25H26FN5O5. The molecule has 2 aromatic heterocycles. The molecule has 4 rings (SSSR count). The van der Waals surface area contributed by atoms with Gasteiger partial charge in [0, 0.05) is 25.2 Å². The van der Waals surface area contributed by atoms with Gasteiger partial charge >= 0.3 is 5.97 Å². The first-order chi connectivity index (χ1) is 17.0. The molecule has 3 aromatic rings. The summed E-state index contributed by atoms with van der Waals surface area (Å²) in [6.45, 7) is 2.79. The summed E-state index contributed by atoms with van der Waals surface area (Å²) in [4.78, 5) is 56.3. The maximum Gasteiger partial charge on any atom is 0.339 e. The van der Waals surface area contributed by atoms with Gasteiger partial charge in [0.05, 0.1) is 18.8 Å². The summed E-state index contributed by atoms with van der Waals surface area (Å²) in [6, 6.07) is 8.76. The second-order valence-electron chi connectivity index (χ2n) is 9.12. The highest BCUT2D eigenvalue weighted by molar-refractivity contribution is 6.06. The highest BCUT2D eigenvalue weighted by Crippen LogP contribution is 2.27. The zero-order valence-electron chi connectivity index (χ0n) is 20.1. The fourth-order valence-corrected chi connectivity index (χ4v) is 4.20. The van der Waals surface area contributed by atoms with E-state index in [9.17, 15) is 28.7 Å². The molecule has 36 heavy (non-hydrogen) atoms. The van der Waals surface area contributed by atoms with E-state index < -0.39 is 35.6 Å². The molecule has 0 saturated carbocycles. The van der Waals surface area contributed by atoms with Crippen LogP contribution in [0.1, 0.15) is 38.8 Å². The van der Waals surface area contributed by atoms with E-state index in [0.29, 0.717) is 0 Å². The van der Waals surface area contributed by atoms with Crippen LogP contribution >= 0.6 is 0 Å². The summed E-state index contributed by atoms with van der Waals surface area (Å²) >= 11 is 0. The molecule has 3 N–H and O–H groups in total. The maximum atomic E-state index is 13.9. The van der Waals surface area contributed by atoms with Crippen LogP contribution in [0.25, 0.3) is 11.0 Å². The Hall–Kier alpha value is -4.28. The quantitative estimate of drug-likeness (QED) is 0.456. The number of carboxylic acid groups (broad SMARTS) is 1. The lowest BCUT2D eigenvalue weighted by Gasteiger charge is -2.42. The smallest absolute Gasteiger partial charge is 0.339 e. The van der Waals surface area contributed by atoms with Gasteiger partial charge in [0.1, 0.15) is 29.0 Å². The number of anilines is 1. The predicted molar refractivity (Wildman–Crippen MR) is 131 cm³/mol. The summed E-state index contributed by atoms with van der Waals surface area (Å²) in [5.41, 5.74) is -0.646. The van der Waals surface area contributed by atoms with Gasteiger partial charge in [-0.15, -0.1) is 0 Å². The molecule has 1 saturated heterocycles. The first-order valence-electron chi connectivity index (χ1n) is 11.3. The number of halogens is 1. The van der Waals surface area contributed by atoms with Crippen molar-refractivity contribution in [3.05, 3.63) is 69.1 Å². The molecule has 0 radical (unpaired) electrons. The van der Waals surface area contributed by atoms with Gasteiger partial charge in [0.15, 0.2) is 0 Å². The summed E-state index contributed by atoms with van der Waals surface area (Å²) in [7, 11) is 1.50. The molecular weight excluding hydrogens is 469 g/mol. The highest BCUT2D eigenvalue weighted by atomic mass is 19.1. The third kappa shape index (κ3) is 4.77. The predicted octanol–water partition coefficient (Wildman–Crippen LogP) is 1.95. The Morgan fingerprint density at radius 2 is 1.83 bits per heavy atom. The van der Waals surface area contributed by atoms with Gasteiger partial charge < -0.3 is 20.6 Å². The molecule has 11 heteroatoms. The van der Waals surface area contributed by atoms with Crippen LogP contribution in [0.3, 0.4) is 0 Å². The molecule has 1 aliphatic heterocycles. The Morgan fingerprint density at radius 3 is 2.42 bits per heavy atom. The Kier molecular flexibility index (Phi) is 6.49. The number of nitrogens with zero attached hydrogens (tertiary/aromatic N) is 3. The van der Waals surface area contributed by atoms with Crippen molar-refractivity contribution in [2.45, 2.75) is 32.6 Å². The second kappa shape index (κ2) is 9.40. The SMILES string of the molecule is CNc1c(C(=O)O)cnc2c1cc(C(=O)NCc1ccc(C)cc1)c(=O)n2CC(=O)N1CC(C)(F)C1. The van der Waals surface area contributed by atoms with Crippen molar-refractivity contribution in [2.75, 3.05) is 25.5 Å². The van der Waals surface area contributed by atoms with Gasteiger partial charge in [-0.25, -0.2) is 14.2 Å². The van der Waals surface area contributed by atoms with Crippen molar-refractivity contribution in [3.63, 3.8) is 0 Å². The molecule has 188 valence electrons. The van der Waals surface area contributed by atoms with Crippen molar-refractivity contribution in [1.29, 1.82) is 0 Å². The van der Waals surface area contributed by atoms with Gasteiger partial charge in [-0.1, -0.05) is 29.8 Å². The number of hydrogen-bond donors (Lipinski definition) is 3. The number of hydrogen-bond acceptors (Lipinski definition) is 6. The standard InChI is InChI=1S/C25H26FN5O5/c1-14-4-6-15(7-5-14)9-29-22(33)17-8-16-20(27-3)18(24(35)36)10-28-21(16)31(23(17)34)11-19(32)30-12-25(2,26)13-30/h4-8,10H,9,11-13H2,1-3H3,(H,27,28)(H,29,33)(H,35,36). The van der Waals surface area contributed by atoms with E-state index in [0.717, 1.165) is 21.9 Å². The van der Waals surface area contributed by atoms with E-state index in [1.165, 1.54) is 24.9 Å². The Bertz CT molecular complexity index is 1420. The van der Waals surface area contributed by atoms with E-state index in [1.807, 2.05) is 31.2 Å². The van der Waals surface area contributed by atoms with Crippen molar-refractivity contribution < 1.29 is 23.9 Å². The number of aromatic carboxylic acids is 1. The molecule has 0 aliphatic carbocycles. The number of nitrogens with one attached hydrogen (secondary N) is 2. The largest absolute Gasteiger partial charge is 0.478 e. The minimum absolute atomic E-state index is 0.0290. The van der Waals surface area contributed by atoms with Crippen LogP contribution in [-0.2, 0) is 17.9 Å². The molecule has 0 spiro atoms. The zero-order chi connectivity index (χ0) is 26.2. The van der Waals surface area contributed by atoms with Crippen molar-refractivity contribution in [3.8, 4) is 0 Å². The molecule has 3 heterocycles. The van der Waals surface area contributed by atoms with E-state index in [-0.39, 0.29) is 47.5 Å². The number of rotatable bonds is 7. The first kappa shape index (κ1) is 24.8. The fourth-order valence-electron chi connectivity index (χ4n) is 4.20. The highest BCUT2D eigenvalue weighted by Gasteiger charge is 2.41. The molecule has 0 atom stereocenters. The number of aromatic nitrogens is 2. The number of carbonyl (C=O) groups is 3. The third-order valence-electron chi connectivity index (χ3n) is 6.10. The van der Waals surface area contributed by atoms with Crippen LogP contribution in [-0.4, -0.2) is 63.1 Å². The minimum Gasteiger partial charge on any atom is -0.478 e. The maximum absolute atomic E-state index is 13.9. The molecule has 2 amide bonds. The number of fused-ring (bicyclic) bond motifs is 1. The van der Waals surface area contributed by atoms with Crippen LogP contribution in [0.2, 0.25) is 0 Å². The number of amides is 2. The topological polar surface area (TPSA) is 134 Å². The Labute approximate surface area is 205 Å². The van der Waals surface area contributed by atoms with Gasteiger partial charge in [-0.2, -0.15) is 0 Å². The lowest BCUT2D eigenvalue weighted by Crippen LogP contribution is -2.60. The Morgan fingerprint density at radius 1 is 1.17 bits per heavy atom. The third-order valence-corrected chi connectivity index (χ3v) is 6.10. The number of likely N-dealkylation sites (tertiary alicyclic amines) is 1. The normalized spacial score (nSPS) is 14.3. The van der Waals surface area contributed by atoms with Gasteiger partial charge in [0.2, 0.25) is 5.91 Å².